The third-order valence-electron chi connectivity index (χ3n) is 3.61. The van der Waals surface area contributed by atoms with E-state index in [1.165, 1.54) is 0 Å². The Labute approximate surface area is 102 Å². The predicted octanol–water partition coefficient (Wildman–Crippen LogP) is 1.23. The molecule has 1 heterocycles. The number of benzene rings is 1. The average molecular weight is 235 g/mol. The zero-order valence-corrected chi connectivity index (χ0v) is 10.3. The van der Waals surface area contributed by atoms with Gasteiger partial charge in [-0.05, 0) is 44.2 Å². The summed E-state index contributed by atoms with van der Waals surface area (Å²) in [6, 6.07) is 7.18. The van der Waals surface area contributed by atoms with Gasteiger partial charge in [0.2, 0.25) is 0 Å². The summed E-state index contributed by atoms with van der Waals surface area (Å²) in [4.78, 5) is 2.33. The van der Waals surface area contributed by atoms with Crippen molar-refractivity contribution in [2.75, 3.05) is 32.0 Å². The summed E-state index contributed by atoms with van der Waals surface area (Å²) in [7, 11) is 2.14. The van der Waals surface area contributed by atoms with E-state index in [1.807, 2.05) is 12.1 Å². The topological polar surface area (TPSA) is 61.5 Å². The Morgan fingerprint density at radius 2 is 1.88 bits per heavy atom. The van der Waals surface area contributed by atoms with Gasteiger partial charge >= 0.3 is 0 Å². The highest BCUT2D eigenvalue weighted by Crippen LogP contribution is 2.26. The number of aromatic hydroxyl groups is 1. The number of nitrogens with one attached hydrogen (secondary N) is 1. The lowest BCUT2D eigenvalue weighted by atomic mass is 9.87. The second kappa shape index (κ2) is 4.94. The van der Waals surface area contributed by atoms with Crippen molar-refractivity contribution in [1.29, 1.82) is 0 Å². The third kappa shape index (κ3) is 2.90. The highest BCUT2D eigenvalue weighted by Gasteiger charge is 2.32. The number of piperidine rings is 1. The number of hydrogen-bond acceptors (Lipinski definition) is 4. The van der Waals surface area contributed by atoms with Crippen LogP contribution in [0.4, 0.5) is 5.69 Å². The average Bonchev–Trinajstić information content (AvgIpc) is 2.35. The molecule has 0 aromatic heterocycles. The molecule has 1 saturated heterocycles. The van der Waals surface area contributed by atoms with E-state index in [9.17, 15) is 5.11 Å². The molecule has 17 heavy (non-hydrogen) atoms. The van der Waals surface area contributed by atoms with Crippen molar-refractivity contribution in [2.45, 2.75) is 18.4 Å². The van der Waals surface area contributed by atoms with Crippen molar-refractivity contribution in [3.8, 4) is 5.75 Å². The first-order valence-electron chi connectivity index (χ1n) is 6.09. The maximum atomic E-state index is 9.26. The second-order valence-corrected chi connectivity index (χ2v) is 4.96. The maximum absolute atomic E-state index is 9.26. The SMILES string of the molecule is CN1CCC(CN)(Nc2ccc(O)cc2)CC1. The van der Waals surface area contributed by atoms with Gasteiger partial charge in [-0.15, -0.1) is 0 Å². The molecule has 0 atom stereocenters. The molecule has 0 spiro atoms. The maximum Gasteiger partial charge on any atom is 0.115 e. The molecule has 1 aliphatic heterocycles. The summed E-state index contributed by atoms with van der Waals surface area (Å²) in [5.41, 5.74) is 6.96. The lowest BCUT2D eigenvalue weighted by Gasteiger charge is -2.41. The van der Waals surface area contributed by atoms with Crippen LogP contribution < -0.4 is 11.1 Å². The standard InChI is InChI=1S/C13H21N3O/c1-16-8-6-13(10-14,7-9-16)15-11-2-4-12(17)5-3-11/h2-5,15,17H,6-10,14H2,1H3. The fourth-order valence-electron chi connectivity index (χ4n) is 2.28. The van der Waals surface area contributed by atoms with Crippen molar-refractivity contribution in [1.82, 2.24) is 4.90 Å². The van der Waals surface area contributed by atoms with Gasteiger partial charge in [-0.2, -0.15) is 0 Å². The molecule has 4 N–H and O–H groups in total. The van der Waals surface area contributed by atoms with Crippen molar-refractivity contribution in [2.24, 2.45) is 5.73 Å². The summed E-state index contributed by atoms with van der Waals surface area (Å²) in [6.45, 7) is 2.78. The van der Waals surface area contributed by atoms with Crippen molar-refractivity contribution in [3.05, 3.63) is 24.3 Å². The van der Waals surface area contributed by atoms with E-state index in [0.29, 0.717) is 12.3 Å². The van der Waals surface area contributed by atoms with Crippen LogP contribution in [-0.4, -0.2) is 42.2 Å². The molecule has 4 heteroatoms. The molecular formula is C13H21N3O. The Bertz CT molecular complexity index is 355. The number of anilines is 1. The first kappa shape index (κ1) is 12.2. The van der Waals surface area contributed by atoms with Gasteiger partial charge in [-0.25, -0.2) is 0 Å². The van der Waals surface area contributed by atoms with Crippen LogP contribution in [0.25, 0.3) is 0 Å². The zero-order valence-electron chi connectivity index (χ0n) is 10.3. The number of nitrogens with two attached hydrogens (primary N) is 1. The summed E-state index contributed by atoms with van der Waals surface area (Å²) < 4.78 is 0. The molecule has 2 rings (SSSR count). The van der Waals surface area contributed by atoms with Crippen LogP contribution in [0.2, 0.25) is 0 Å². The molecule has 0 radical (unpaired) electrons. The fourth-order valence-corrected chi connectivity index (χ4v) is 2.28. The quantitative estimate of drug-likeness (QED) is 0.690. The van der Waals surface area contributed by atoms with E-state index in [0.717, 1.165) is 31.6 Å². The Morgan fingerprint density at radius 1 is 1.29 bits per heavy atom. The molecular weight excluding hydrogens is 214 g/mol. The van der Waals surface area contributed by atoms with Crippen molar-refractivity contribution >= 4 is 5.69 Å². The molecule has 1 aliphatic rings. The Morgan fingerprint density at radius 3 is 2.41 bits per heavy atom. The van der Waals surface area contributed by atoms with Gasteiger partial charge in [0.1, 0.15) is 5.75 Å². The summed E-state index contributed by atoms with van der Waals surface area (Å²) in [6.07, 6.45) is 2.11. The van der Waals surface area contributed by atoms with Crippen LogP contribution in [0, 0.1) is 0 Å². The fraction of sp³-hybridized carbons (Fsp3) is 0.538. The molecule has 0 saturated carbocycles. The number of hydrogen-bond donors (Lipinski definition) is 3. The van der Waals surface area contributed by atoms with Gasteiger partial charge in [0, 0.05) is 25.3 Å². The van der Waals surface area contributed by atoms with Gasteiger partial charge < -0.3 is 21.1 Å². The Hall–Kier alpha value is -1.26. The summed E-state index contributed by atoms with van der Waals surface area (Å²) >= 11 is 0. The molecule has 4 nitrogen and oxygen atoms in total. The molecule has 1 fully saturated rings. The van der Waals surface area contributed by atoms with Crippen LogP contribution in [0.1, 0.15) is 12.8 Å². The van der Waals surface area contributed by atoms with E-state index in [-0.39, 0.29) is 5.54 Å². The van der Waals surface area contributed by atoms with Crippen LogP contribution in [0.5, 0.6) is 5.75 Å². The van der Waals surface area contributed by atoms with Gasteiger partial charge in [0.25, 0.3) is 0 Å². The van der Waals surface area contributed by atoms with Gasteiger partial charge in [0.15, 0.2) is 0 Å². The molecule has 1 aromatic rings. The molecule has 0 amide bonds. The summed E-state index contributed by atoms with van der Waals surface area (Å²) in [5.74, 6) is 0.292. The minimum Gasteiger partial charge on any atom is -0.508 e. The minimum atomic E-state index is 0.00345. The number of phenols is 1. The number of likely N-dealkylation sites (tertiary alicyclic amines) is 1. The first-order valence-corrected chi connectivity index (χ1v) is 6.09. The van der Waals surface area contributed by atoms with Gasteiger partial charge in [-0.3, -0.25) is 0 Å². The minimum absolute atomic E-state index is 0.00345. The molecule has 94 valence electrons. The van der Waals surface area contributed by atoms with Crippen LogP contribution in [-0.2, 0) is 0 Å². The highest BCUT2D eigenvalue weighted by atomic mass is 16.3. The molecule has 0 unspecified atom stereocenters. The lowest BCUT2D eigenvalue weighted by Crippen LogP contribution is -2.52. The zero-order chi connectivity index (χ0) is 12.3. The molecule has 1 aromatic carbocycles. The van der Waals surface area contributed by atoms with Crippen molar-refractivity contribution in [3.63, 3.8) is 0 Å². The third-order valence-corrected chi connectivity index (χ3v) is 3.61. The first-order chi connectivity index (χ1) is 8.13. The van der Waals surface area contributed by atoms with E-state index in [4.69, 9.17) is 5.73 Å². The Kier molecular flexibility index (Phi) is 3.54. The summed E-state index contributed by atoms with van der Waals surface area (Å²) in [5, 5.41) is 12.8. The molecule has 0 bridgehead atoms. The van der Waals surface area contributed by atoms with E-state index in [1.54, 1.807) is 12.1 Å². The predicted molar refractivity (Wildman–Crippen MR) is 70.2 cm³/mol. The highest BCUT2D eigenvalue weighted by molar-refractivity contribution is 5.48. The number of rotatable bonds is 3. The van der Waals surface area contributed by atoms with E-state index >= 15 is 0 Å². The Balaban J connectivity index is 2.06. The number of nitrogens with zero attached hydrogens (tertiary/aromatic N) is 1. The van der Waals surface area contributed by atoms with Gasteiger partial charge in [0.05, 0.1) is 5.54 Å². The number of phenolic OH excluding ortho intramolecular Hbond substituents is 1. The monoisotopic (exact) mass is 235 g/mol. The lowest BCUT2D eigenvalue weighted by molar-refractivity contribution is 0.209. The molecule has 0 aliphatic carbocycles. The van der Waals surface area contributed by atoms with E-state index < -0.39 is 0 Å². The van der Waals surface area contributed by atoms with E-state index in [2.05, 4.69) is 17.3 Å². The smallest absolute Gasteiger partial charge is 0.115 e. The van der Waals surface area contributed by atoms with Crippen LogP contribution in [0.3, 0.4) is 0 Å². The normalized spacial score (nSPS) is 20.1. The second-order valence-electron chi connectivity index (χ2n) is 4.96. The van der Waals surface area contributed by atoms with Gasteiger partial charge in [-0.1, -0.05) is 0 Å². The van der Waals surface area contributed by atoms with Crippen LogP contribution >= 0.6 is 0 Å². The van der Waals surface area contributed by atoms with Crippen molar-refractivity contribution < 1.29 is 5.11 Å². The van der Waals surface area contributed by atoms with Crippen LogP contribution in [0.15, 0.2) is 24.3 Å². The largest absolute Gasteiger partial charge is 0.508 e.